The van der Waals surface area contributed by atoms with Crippen LogP contribution in [0.2, 0.25) is 0 Å². The highest BCUT2D eigenvalue weighted by Gasteiger charge is 2.39. The summed E-state index contributed by atoms with van der Waals surface area (Å²) in [5.74, 6) is 0.343. The van der Waals surface area contributed by atoms with Crippen LogP contribution in [0.3, 0.4) is 0 Å². The van der Waals surface area contributed by atoms with Crippen molar-refractivity contribution >= 4 is 16.9 Å². The van der Waals surface area contributed by atoms with Crippen LogP contribution in [0.25, 0.3) is 0 Å². The molecule has 4 aromatic carbocycles. The third-order valence-corrected chi connectivity index (χ3v) is 8.59. The minimum Gasteiger partial charge on any atom is -0.482 e. The largest absolute Gasteiger partial charge is 0.482 e. The zero-order valence-corrected chi connectivity index (χ0v) is 20.5. The maximum Gasteiger partial charge on any atom is 0.345 e. The normalized spacial score (nSPS) is 14.5. The van der Waals surface area contributed by atoms with Crippen molar-refractivity contribution in [2.75, 3.05) is 6.61 Å². The number of ether oxygens (including phenoxy) is 2. The monoisotopic (exact) mass is 481 g/mol. The first-order chi connectivity index (χ1) is 17.2. The van der Waals surface area contributed by atoms with Gasteiger partial charge in [-0.2, -0.15) is 0 Å². The number of carbonyl (C=O) groups excluding carboxylic acids is 1. The first-order valence-electron chi connectivity index (χ1n) is 12.1. The highest BCUT2D eigenvalue weighted by Crippen LogP contribution is 2.42. The number of carbonyl (C=O) groups is 1. The van der Waals surface area contributed by atoms with Gasteiger partial charge in [0.05, 0.1) is 10.9 Å². The molecule has 0 bridgehead atoms. The van der Waals surface area contributed by atoms with Crippen molar-refractivity contribution in [2.45, 2.75) is 46.0 Å². The van der Waals surface area contributed by atoms with Crippen LogP contribution >= 0.6 is 0 Å². The number of hydrogen-bond donors (Lipinski definition) is 0. The fourth-order valence-electron chi connectivity index (χ4n) is 4.74. The van der Waals surface area contributed by atoms with Crippen LogP contribution in [0.4, 0.5) is 0 Å². The molecule has 3 nitrogen and oxygen atoms in total. The van der Waals surface area contributed by atoms with E-state index in [2.05, 4.69) is 66.7 Å². The van der Waals surface area contributed by atoms with Gasteiger partial charge in [-0.3, -0.25) is 0 Å². The number of rotatable bonds is 8. The second kappa shape index (κ2) is 10.8. The summed E-state index contributed by atoms with van der Waals surface area (Å²) in [4.78, 5) is 16.5. The van der Waals surface area contributed by atoms with Crippen molar-refractivity contribution in [3.05, 3.63) is 121 Å². The van der Waals surface area contributed by atoms with Gasteiger partial charge in [-0.05, 0) is 67.6 Å². The molecule has 0 N–H and O–H groups in total. The Hall–Kier alpha value is -3.50. The molecule has 4 aromatic rings. The summed E-state index contributed by atoms with van der Waals surface area (Å²) in [7, 11) is -0.271. The lowest BCUT2D eigenvalue weighted by Crippen LogP contribution is -2.31. The topological polar surface area (TPSA) is 35.5 Å². The van der Waals surface area contributed by atoms with Gasteiger partial charge in [0.15, 0.2) is 21.3 Å². The van der Waals surface area contributed by atoms with Gasteiger partial charge in [-0.1, -0.05) is 72.8 Å². The summed E-state index contributed by atoms with van der Waals surface area (Å²) in [6.45, 7) is -0.109. The van der Waals surface area contributed by atoms with Gasteiger partial charge in [-0.15, -0.1) is 0 Å². The van der Waals surface area contributed by atoms with E-state index in [1.165, 1.54) is 9.79 Å². The van der Waals surface area contributed by atoms with Gasteiger partial charge in [0.1, 0.15) is 11.4 Å². The predicted molar refractivity (Wildman–Crippen MR) is 140 cm³/mol. The van der Waals surface area contributed by atoms with Crippen LogP contribution < -0.4 is 4.74 Å². The molecule has 0 atom stereocenters. The average Bonchev–Trinajstić information content (AvgIpc) is 3.39. The van der Waals surface area contributed by atoms with Crippen molar-refractivity contribution in [3.8, 4) is 5.75 Å². The van der Waals surface area contributed by atoms with E-state index in [1.807, 2.05) is 48.5 Å². The number of esters is 1. The van der Waals surface area contributed by atoms with E-state index in [4.69, 9.17) is 9.47 Å². The lowest BCUT2D eigenvalue weighted by atomic mass is 9.92. The zero-order valence-electron chi connectivity index (χ0n) is 19.6. The summed E-state index contributed by atoms with van der Waals surface area (Å²) < 4.78 is 12.0. The Labute approximate surface area is 210 Å². The van der Waals surface area contributed by atoms with Crippen LogP contribution in [-0.4, -0.2) is 12.6 Å². The zero-order chi connectivity index (χ0) is 23.9. The van der Waals surface area contributed by atoms with Crippen molar-refractivity contribution in [3.63, 3.8) is 0 Å². The van der Waals surface area contributed by atoms with E-state index in [0.717, 1.165) is 36.1 Å². The van der Waals surface area contributed by atoms with Gasteiger partial charge in [0, 0.05) is 6.07 Å². The molecule has 1 aliphatic rings. The molecule has 1 aliphatic carbocycles. The average molecular weight is 482 g/mol. The minimum absolute atomic E-state index is 0.109. The van der Waals surface area contributed by atoms with Crippen LogP contribution in [0.1, 0.15) is 31.2 Å². The highest BCUT2D eigenvalue weighted by molar-refractivity contribution is 7.97. The standard InChI is InChI=1S/C31H29O3S/c32-30(34-31(21-10-11-22-31)25-13-4-1-5-14-25)24-33-26-15-12-20-29(23-26)35(27-16-6-2-7-17-27)28-18-8-3-9-19-28/h1-9,12-20,23H,10-11,21-22,24H2/q+1. The lowest BCUT2D eigenvalue weighted by molar-refractivity contribution is -0.163. The molecule has 0 unspecified atom stereocenters. The van der Waals surface area contributed by atoms with Gasteiger partial charge in [0.2, 0.25) is 0 Å². The second-order valence-corrected chi connectivity index (χ2v) is 10.8. The first-order valence-corrected chi connectivity index (χ1v) is 13.3. The van der Waals surface area contributed by atoms with Crippen LogP contribution in [0.15, 0.2) is 130 Å². The SMILES string of the molecule is O=C(COc1cccc([S+](c2ccccc2)c2ccccc2)c1)OC1(c2ccccc2)CCCC1. The first kappa shape index (κ1) is 23.3. The molecule has 0 aliphatic heterocycles. The van der Waals surface area contributed by atoms with E-state index in [1.54, 1.807) is 0 Å². The second-order valence-electron chi connectivity index (χ2n) is 8.74. The third kappa shape index (κ3) is 5.44. The van der Waals surface area contributed by atoms with Crippen molar-refractivity contribution < 1.29 is 14.3 Å². The smallest absolute Gasteiger partial charge is 0.345 e. The Morgan fingerprint density at radius 3 is 1.83 bits per heavy atom. The maximum atomic E-state index is 12.9. The summed E-state index contributed by atoms with van der Waals surface area (Å²) in [6, 6.07) is 39.1. The van der Waals surface area contributed by atoms with Crippen molar-refractivity contribution in [1.82, 2.24) is 0 Å². The summed E-state index contributed by atoms with van der Waals surface area (Å²) in [5.41, 5.74) is 0.541. The van der Waals surface area contributed by atoms with Gasteiger partial charge in [-0.25, -0.2) is 4.79 Å². The van der Waals surface area contributed by atoms with E-state index in [0.29, 0.717) is 5.75 Å². The minimum atomic E-state index is -0.531. The summed E-state index contributed by atoms with van der Waals surface area (Å²) in [6.07, 6.45) is 3.84. The van der Waals surface area contributed by atoms with Gasteiger partial charge < -0.3 is 9.47 Å². The maximum absolute atomic E-state index is 12.9. The molecule has 35 heavy (non-hydrogen) atoms. The van der Waals surface area contributed by atoms with Gasteiger partial charge >= 0.3 is 5.97 Å². The molecular formula is C31H29O3S+. The van der Waals surface area contributed by atoms with Crippen LogP contribution in [-0.2, 0) is 26.0 Å². The molecule has 5 rings (SSSR count). The molecule has 0 heterocycles. The Morgan fingerprint density at radius 1 is 0.686 bits per heavy atom. The molecule has 0 amide bonds. The molecule has 0 aromatic heterocycles. The Balaban J connectivity index is 1.32. The summed E-state index contributed by atoms with van der Waals surface area (Å²) >= 11 is 0. The highest BCUT2D eigenvalue weighted by atomic mass is 32.2. The summed E-state index contributed by atoms with van der Waals surface area (Å²) in [5, 5.41) is 0. The Morgan fingerprint density at radius 2 is 1.23 bits per heavy atom. The van der Waals surface area contributed by atoms with E-state index in [-0.39, 0.29) is 23.5 Å². The molecule has 4 heteroatoms. The Kier molecular flexibility index (Phi) is 7.20. The fraction of sp³-hybridized carbons (Fsp3) is 0.194. The molecule has 0 spiro atoms. The van der Waals surface area contributed by atoms with Crippen LogP contribution in [0, 0.1) is 0 Å². The molecule has 0 saturated heterocycles. The molecule has 176 valence electrons. The van der Waals surface area contributed by atoms with E-state index in [9.17, 15) is 4.79 Å². The quantitative estimate of drug-likeness (QED) is 0.198. The molecule has 1 fully saturated rings. The van der Waals surface area contributed by atoms with E-state index < -0.39 is 5.60 Å². The van der Waals surface area contributed by atoms with E-state index >= 15 is 0 Å². The molecular weight excluding hydrogens is 452 g/mol. The number of hydrogen-bond acceptors (Lipinski definition) is 3. The molecule has 1 saturated carbocycles. The molecule has 0 radical (unpaired) electrons. The number of benzene rings is 4. The van der Waals surface area contributed by atoms with Crippen molar-refractivity contribution in [1.29, 1.82) is 0 Å². The Bertz CT molecular complexity index is 1200. The third-order valence-electron chi connectivity index (χ3n) is 6.38. The predicted octanol–water partition coefficient (Wildman–Crippen LogP) is 7.17. The van der Waals surface area contributed by atoms with Crippen molar-refractivity contribution in [2.24, 2.45) is 0 Å². The lowest BCUT2D eigenvalue weighted by Gasteiger charge is -2.29. The van der Waals surface area contributed by atoms with Gasteiger partial charge in [0.25, 0.3) is 0 Å². The van der Waals surface area contributed by atoms with Crippen LogP contribution in [0.5, 0.6) is 5.75 Å². The fourth-order valence-corrected chi connectivity index (χ4v) is 6.86.